The third-order valence-corrected chi connectivity index (χ3v) is 4.08. The molecule has 1 heterocycles. The summed E-state index contributed by atoms with van der Waals surface area (Å²) in [6.45, 7) is 1.91. The largest absolute Gasteiger partial charge is 0.416 e. The van der Waals surface area contributed by atoms with Gasteiger partial charge in [-0.3, -0.25) is 0 Å². The molecule has 2 aromatic rings. The smallest absolute Gasteiger partial charge is 0.324 e. The molecular formula is C16H18ClF3N2. The Morgan fingerprint density at radius 1 is 1.23 bits per heavy atom. The topological polar surface area (TPSA) is 30.9 Å². The van der Waals surface area contributed by atoms with Crippen molar-refractivity contribution in [2.24, 2.45) is 5.73 Å². The van der Waals surface area contributed by atoms with Crippen molar-refractivity contribution in [2.45, 2.75) is 38.4 Å². The van der Waals surface area contributed by atoms with Crippen LogP contribution in [0.25, 0.3) is 5.69 Å². The minimum atomic E-state index is -4.33. The van der Waals surface area contributed by atoms with Crippen LogP contribution >= 0.6 is 12.4 Å². The summed E-state index contributed by atoms with van der Waals surface area (Å²) in [4.78, 5) is 0. The molecule has 120 valence electrons. The second kappa shape index (κ2) is 5.97. The summed E-state index contributed by atoms with van der Waals surface area (Å²) < 4.78 is 40.6. The van der Waals surface area contributed by atoms with E-state index in [0.29, 0.717) is 5.69 Å². The monoisotopic (exact) mass is 330 g/mol. The maximum atomic E-state index is 12.9. The molecule has 1 unspecified atom stereocenters. The van der Waals surface area contributed by atoms with Crippen molar-refractivity contribution >= 4 is 12.4 Å². The highest BCUT2D eigenvalue weighted by atomic mass is 35.5. The highest BCUT2D eigenvalue weighted by Crippen LogP contribution is 2.35. The van der Waals surface area contributed by atoms with Gasteiger partial charge in [0.15, 0.2) is 0 Å². The summed E-state index contributed by atoms with van der Waals surface area (Å²) >= 11 is 0. The van der Waals surface area contributed by atoms with Gasteiger partial charge in [0, 0.05) is 23.1 Å². The van der Waals surface area contributed by atoms with Gasteiger partial charge in [0.05, 0.1) is 5.56 Å². The second-order valence-electron chi connectivity index (χ2n) is 5.57. The van der Waals surface area contributed by atoms with Crippen LogP contribution in [-0.4, -0.2) is 4.57 Å². The van der Waals surface area contributed by atoms with Crippen LogP contribution in [0.3, 0.4) is 0 Å². The Morgan fingerprint density at radius 2 is 1.95 bits per heavy atom. The molecule has 3 rings (SSSR count). The van der Waals surface area contributed by atoms with Gasteiger partial charge in [-0.25, -0.2) is 0 Å². The number of aromatic nitrogens is 1. The molecule has 1 aromatic carbocycles. The summed E-state index contributed by atoms with van der Waals surface area (Å²) in [7, 11) is 0. The molecule has 0 amide bonds. The quantitative estimate of drug-likeness (QED) is 0.816. The minimum Gasteiger partial charge on any atom is -0.324 e. The molecule has 0 spiro atoms. The van der Waals surface area contributed by atoms with Crippen LogP contribution in [0.2, 0.25) is 0 Å². The van der Waals surface area contributed by atoms with E-state index in [1.807, 2.05) is 17.6 Å². The van der Waals surface area contributed by atoms with Crippen molar-refractivity contribution in [2.75, 3.05) is 0 Å². The Labute approximate surface area is 133 Å². The second-order valence-corrected chi connectivity index (χ2v) is 5.57. The van der Waals surface area contributed by atoms with E-state index in [0.717, 1.165) is 42.3 Å². The molecule has 0 fully saturated rings. The molecule has 0 aliphatic heterocycles. The average Bonchev–Trinajstić information content (AvgIpc) is 2.76. The zero-order chi connectivity index (χ0) is 15.2. The van der Waals surface area contributed by atoms with E-state index in [-0.39, 0.29) is 18.4 Å². The predicted octanol–water partition coefficient (Wildman–Crippen LogP) is 4.56. The number of nitrogens with zero attached hydrogens (tertiary/aromatic N) is 1. The fourth-order valence-electron chi connectivity index (χ4n) is 3.12. The Morgan fingerprint density at radius 3 is 2.64 bits per heavy atom. The van der Waals surface area contributed by atoms with E-state index in [4.69, 9.17) is 5.73 Å². The molecule has 0 saturated heterocycles. The van der Waals surface area contributed by atoms with Gasteiger partial charge in [-0.15, -0.1) is 12.4 Å². The molecule has 1 atom stereocenters. The molecular weight excluding hydrogens is 313 g/mol. The number of hydrogen-bond donors (Lipinski definition) is 1. The first kappa shape index (κ1) is 16.9. The Hall–Kier alpha value is -1.46. The van der Waals surface area contributed by atoms with E-state index in [1.165, 1.54) is 12.1 Å². The van der Waals surface area contributed by atoms with Crippen molar-refractivity contribution < 1.29 is 13.2 Å². The average molecular weight is 331 g/mol. The van der Waals surface area contributed by atoms with Crippen LogP contribution in [0.4, 0.5) is 13.2 Å². The molecule has 0 saturated carbocycles. The third-order valence-electron chi connectivity index (χ3n) is 4.08. The van der Waals surface area contributed by atoms with Gasteiger partial charge >= 0.3 is 6.18 Å². The number of nitrogens with two attached hydrogens (primary N) is 1. The number of fused-ring (bicyclic) bond motifs is 1. The molecule has 2 N–H and O–H groups in total. The molecule has 22 heavy (non-hydrogen) atoms. The summed E-state index contributed by atoms with van der Waals surface area (Å²) in [6, 6.07) is 7.45. The van der Waals surface area contributed by atoms with Crippen molar-refractivity contribution in [3.05, 3.63) is 52.8 Å². The molecule has 1 aliphatic carbocycles. The number of halogens is 4. The minimum absolute atomic E-state index is 0. The summed E-state index contributed by atoms with van der Waals surface area (Å²) in [6.07, 6.45) is -1.57. The van der Waals surface area contributed by atoms with Crippen LogP contribution < -0.4 is 5.73 Å². The van der Waals surface area contributed by atoms with E-state index >= 15 is 0 Å². The molecule has 1 aliphatic rings. The Kier molecular flexibility index (Phi) is 4.59. The van der Waals surface area contributed by atoms with E-state index in [1.54, 1.807) is 6.07 Å². The SMILES string of the molecule is Cc1cc2c(n1-c1cccc(C(F)(F)F)c1)CCCC2N.Cl. The van der Waals surface area contributed by atoms with Gasteiger partial charge in [0.2, 0.25) is 0 Å². The van der Waals surface area contributed by atoms with Gasteiger partial charge in [0.1, 0.15) is 0 Å². The molecule has 0 bridgehead atoms. The fourth-order valence-corrected chi connectivity index (χ4v) is 3.12. The number of aryl methyl sites for hydroxylation is 1. The van der Waals surface area contributed by atoms with Crippen molar-refractivity contribution in [1.29, 1.82) is 0 Å². The van der Waals surface area contributed by atoms with Crippen molar-refractivity contribution in [3.63, 3.8) is 0 Å². The first-order valence-corrected chi connectivity index (χ1v) is 7.02. The Balaban J connectivity index is 0.00000176. The lowest BCUT2D eigenvalue weighted by Crippen LogP contribution is -2.18. The van der Waals surface area contributed by atoms with Crippen LogP contribution in [0.5, 0.6) is 0 Å². The zero-order valence-corrected chi connectivity index (χ0v) is 13.0. The van der Waals surface area contributed by atoms with Gasteiger partial charge in [-0.1, -0.05) is 6.07 Å². The van der Waals surface area contributed by atoms with Gasteiger partial charge < -0.3 is 10.3 Å². The number of alkyl halides is 3. The number of benzene rings is 1. The zero-order valence-electron chi connectivity index (χ0n) is 12.2. The van der Waals surface area contributed by atoms with E-state index in [2.05, 4.69) is 0 Å². The summed E-state index contributed by atoms with van der Waals surface area (Å²) in [5, 5.41) is 0. The number of hydrogen-bond acceptors (Lipinski definition) is 1. The van der Waals surface area contributed by atoms with Gasteiger partial charge in [-0.05, 0) is 56.0 Å². The van der Waals surface area contributed by atoms with Crippen LogP contribution in [0, 0.1) is 6.92 Å². The predicted molar refractivity (Wildman–Crippen MR) is 82.6 cm³/mol. The maximum absolute atomic E-state index is 12.9. The first-order valence-electron chi connectivity index (χ1n) is 7.02. The van der Waals surface area contributed by atoms with Gasteiger partial charge in [-0.2, -0.15) is 13.2 Å². The lowest BCUT2D eigenvalue weighted by atomic mass is 9.93. The summed E-state index contributed by atoms with van der Waals surface area (Å²) in [5.74, 6) is 0. The maximum Gasteiger partial charge on any atom is 0.416 e. The lowest BCUT2D eigenvalue weighted by Gasteiger charge is -2.21. The van der Waals surface area contributed by atoms with Gasteiger partial charge in [0.25, 0.3) is 0 Å². The van der Waals surface area contributed by atoms with E-state index in [9.17, 15) is 13.2 Å². The molecule has 0 radical (unpaired) electrons. The van der Waals surface area contributed by atoms with Crippen molar-refractivity contribution in [3.8, 4) is 5.69 Å². The first-order chi connectivity index (χ1) is 9.88. The molecule has 2 nitrogen and oxygen atoms in total. The molecule has 6 heteroatoms. The Bertz CT molecular complexity index is 677. The lowest BCUT2D eigenvalue weighted by molar-refractivity contribution is -0.137. The number of rotatable bonds is 1. The van der Waals surface area contributed by atoms with E-state index < -0.39 is 11.7 Å². The highest BCUT2D eigenvalue weighted by molar-refractivity contribution is 5.85. The van der Waals surface area contributed by atoms with Crippen LogP contribution in [-0.2, 0) is 12.6 Å². The molecule has 1 aromatic heterocycles. The standard InChI is InChI=1S/C16H17F3N2.ClH/c1-10-8-13-14(20)6-3-7-15(13)21(10)12-5-2-4-11(9-12)16(17,18)19;/h2,4-5,8-9,14H,3,6-7,20H2,1H3;1H. The summed E-state index contributed by atoms with van der Waals surface area (Å²) in [5.41, 5.74) is 9.08. The normalized spacial score (nSPS) is 17.8. The van der Waals surface area contributed by atoms with Crippen LogP contribution in [0.1, 0.15) is 41.4 Å². The van der Waals surface area contributed by atoms with Crippen LogP contribution in [0.15, 0.2) is 30.3 Å². The fraction of sp³-hybridized carbons (Fsp3) is 0.375. The van der Waals surface area contributed by atoms with Crippen molar-refractivity contribution in [1.82, 2.24) is 4.57 Å². The highest BCUT2D eigenvalue weighted by Gasteiger charge is 2.31. The third kappa shape index (κ3) is 2.88.